The SMILES string of the molecule is COc1ccc(N2C(N)=NCC23CC(C)C3)cc1. The number of anilines is 1. The lowest BCUT2D eigenvalue weighted by atomic mass is 9.68. The zero-order chi connectivity index (χ0) is 12.8. The van der Waals surface area contributed by atoms with Crippen LogP contribution in [-0.2, 0) is 0 Å². The summed E-state index contributed by atoms with van der Waals surface area (Å²) in [5.41, 5.74) is 7.31. The van der Waals surface area contributed by atoms with Crippen LogP contribution in [0, 0.1) is 5.92 Å². The average Bonchev–Trinajstić information content (AvgIpc) is 2.67. The van der Waals surface area contributed by atoms with Gasteiger partial charge < -0.3 is 15.4 Å². The molecule has 4 heteroatoms. The van der Waals surface area contributed by atoms with Gasteiger partial charge in [0.05, 0.1) is 19.2 Å². The van der Waals surface area contributed by atoms with Crippen LogP contribution in [0.1, 0.15) is 19.8 Å². The van der Waals surface area contributed by atoms with Gasteiger partial charge in [-0.3, -0.25) is 4.99 Å². The lowest BCUT2D eigenvalue weighted by Crippen LogP contribution is -2.59. The lowest BCUT2D eigenvalue weighted by Gasteiger charge is -2.49. The van der Waals surface area contributed by atoms with E-state index in [1.54, 1.807) is 7.11 Å². The van der Waals surface area contributed by atoms with E-state index in [0.29, 0.717) is 5.96 Å². The van der Waals surface area contributed by atoms with Crippen molar-refractivity contribution in [2.45, 2.75) is 25.3 Å². The fourth-order valence-corrected chi connectivity index (χ4v) is 3.30. The van der Waals surface area contributed by atoms with E-state index < -0.39 is 0 Å². The molecule has 1 spiro atoms. The maximum atomic E-state index is 6.06. The number of hydrogen-bond donors (Lipinski definition) is 1. The van der Waals surface area contributed by atoms with Crippen molar-refractivity contribution in [1.82, 2.24) is 0 Å². The molecule has 2 N–H and O–H groups in total. The van der Waals surface area contributed by atoms with Crippen LogP contribution in [0.15, 0.2) is 29.3 Å². The van der Waals surface area contributed by atoms with E-state index in [1.807, 2.05) is 12.1 Å². The summed E-state index contributed by atoms with van der Waals surface area (Å²) < 4.78 is 5.19. The number of ether oxygens (including phenoxy) is 1. The zero-order valence-electron chi connectivity index (χ0n) is 10.9. The first-order valence-corrected chi connectivity index (χ1v) is 6.39. The van der Waals surface area contributed by atoms with Gasteiger partial charge in [-0.2, -0.15) is 0 Å². The first-order valence-electron chi connectivity index (χ1n) is 6.39. The van der Waals surface area contributed by atoms with Crippen LogP contribution in [0.5, 0.6) is 5.75 Å². The Morgan fingerprint density at radius 2 is 2.00 bits per heavy atom. The minimum Gasteiger partial charge on any atom is -0.497 e. The summed E-state index contributed by atoms with van der Waals surface area (Å²) in [5.74, 6) is 2.28. The standard InChI is InChI=1S/C14H19N3O/c1-10-7-14(8-10)9-16-13(15)17(14)11-3-5-12(18-2)6-4-11/h3-6,10H,7-9H2,1-2H3,(H2,15,16). The molecule has 2 aliphatic rings. The molecular formula is C14H19N3O. The van der Waals surface area contributed by atoms with Crippen LogP contribution in [0.2, 0.25) is 0 Å². The van der Waals surface area contributed by atoms with Crippen molar-refractivity contribution >= 4 is 11.6 Å². The van der Waals surface area contributed by atoms with Crippen molar-refractivity contribution in [2.24, 2.45) is 16.6 Å². The van der Waals surface area contributed by atoms with Crippen molar-refractivity contribution in [3.8, 4) is 5.75 Å². The summed E-state index contributed by atoms with van der Waals surface area (Å²) in [6, 6.07) is 8.04. The fourth-order valence-electron chi connectivity index (χ4n) is 3.30. The monoisotopic (exact) mass is 245 g/mol. The van der Waals surface area contributed by atoms with Crippen LogP contribution < -0.4 is 15.4 Å². The number of methoxy groups -OCH3 is 1. The molecule has 18 heavy (non-hydrogen) atoms. The fraction of sp³-hybridized carbons (Fsp3) is 0.500. The number of hydrogen-bond acceptors (Lipinski definition) is 4. The largest absolute Gasteiger partial charge is 0.497 e. The van der Waals surface area contributed by atoms with Gasteiger partial charge in [-0.1, -0.05) is 6.92 Å². The normalized spacial score (nSPS) is 30.2. The molecule has 96 valence electrons. The third-order valence-corrected chi connectivity index (χ3v) is 4.03. The second kappa shape index (κ2) is 3.90. The van der Waals surface area contributed by atoms with Crippen LogP contribution in [-0.4, -0.2) is 25.2 Å². The molecule has 0 saturated heterocycles. The highest BCUT2D eigenvalue weighted by atomic mass is 16.5. The number of rotatable bonds is 2. The average molecular weight is 245 g/mol. The van der Waals surface area contributed by atoms with E-state index in [1.165, 1.54) is 12.8 Å². The van der Waals surface area contributed by atoms with Gasteiger partial charge in [0.1, 0.15) is 5.75 Å². The van der Waals surface area contributed by atoms with E-state index in [4.69, 9.17) is 10.5 Å². The summed E-state index contributed by atoms with van der Waals surface area (Å²) in [7, 11) is 1.68. The second-order valence-electron chi connectivity index (χ2n) is 5.45. The van der Waals surface area contributed by atoms with Crippen molar-refractivity contribution in [2.75, 3.05) is 18.6 Å². The van der Waals surface area contributed by atoms with Crippen molar-refractivity contribution in [1.29, 1.82) is 0 Å². The first-order chi connectivity index (χ1) is 8.64. The summed E-state index contributed by atoms with van der Waals surface area (Å²) in [6.07, 6.45) is 2.34. The minimum atomic E-state index is 0.137. The van der Waals surface area contributed by atoms with Crippen LogP contribution in [0.4, 0.5) is 5.69 Å². The quantitative estimate of drug-likeness (QED) is 0.867. The van der Waals surface area contributed by atoms with Gasteiger partial charge in [-0.15, -0.1) is 0 Å². The molecule has 1 aromatic rings. The molecule has 1 fully saturated rings. The number of aliphatic imine (C=N–C) groups is 1. The molecular weight excluding hydrogens is 226 g/mol. The molecule has 4 nitrogen and oxygen atoms in total. The van der Waals surface area contributed by atoms with Gasteiger partial charge in [0.2, 0.25) is 0 Å². The Balaban J connectivity index is 1.90. The predicted octanol–water partition coefficient (Wildman–Crippen LogP) is 2.00. The topological polar surface area (TPSA) is 50.9 Å². The number of benzene rings is 1. The Bertz CT molecular complexity index is 474. The molecule has 1 aliphatic heterocycles. The minimum absolute atomic E-state index is 0.137. The van der Waals surface area contributed by atoms with E-state index in [0.717, 1.165) is 23.9 Å². The molecule has 1 saturated carbocycles. The molecule has 0 aromatic heterocycles. The molecule has 0 atom stereocenters. The maximum absolute atomic E-state index is 6.06. The first kappa shape index (κ1) is 11.4. The molecule has 0 radical (unpaired) electrons. The van der Waals surface area contributed by atoms with Gasteiger partial charge in [0.15, 0.2) is 5.96 Å². The van der Waals surface area contributed by atoms with Crippen LogP contribution in [0.25, 0.3) is 0 Å². The van der Waals surface area contributed by atoms with Gasteiger partial charge in [0.25, 0.3) is 0 Å². The van der Waals surface area contributed by atoms with E-state index in [9.17, 15) is 0 Å². The molecule has 0 amide bonds. The zero-order valence-corrected chi connectivity index (χ0v) is 10.9. The van der Waals surface area contributed by atoms with Crippen LogP contribution in [0.3, 0.4) is 0 Å². The Hall–Kier alpha value is -1.71. The Morgan fingerprint density at radius 1 is 1.33 bits per heavy atom. The lowest BCUT2D eigenvalue weighted by molar-refractivity contribution is 0.182. The van der Waals surface area contributed by atoms with Gasteiger partial charge in [-0.25, -0.2) is 0 Å². The van der Waals surface area contributed by atoms with Gasteiger partial charge >= 0.3 is 0 Å². The highest BCUT2D eigenvalue weighted by Gasteiger charge is 2.51. The highest BCUT2D eigenvalue weighted by Crippen LogP contribution is 2.46. The van der Waals surface area contributed by atoms with Crippen molar-refractivity contribution < 1.29 is 4.74 Å². The summed E-state index contributed by atoms with van der Waals surface area (Å²) in [6.45, 7) is 3.11. The van der Waals surface area contributed by atoms with Crippen LogP contribution >= 0.6 is 0 Å². The third kappa shape index (κ3) is 1.55. The molecule has 0 unspecified atom stereocenters. The third-order valence-electron chi connectivity index (χ3n) is 4.03. The molecule has 1 heterocycles. The summed E-state index contributed by atoms with van der Waals surface area (Å²) >= 11 is 0. The number of nitrogens with zero attached hydrogens (tertiary/aromatic N) is 2. The smallest absolute Gasteiger partial charge is 0.196 e. The number of nitrogens with two attached hydrogens (primary N) is 1. The Morgan fingerprint density at radius 3 is 2.56 bits per heavy atom. The van der Waals surface area contributed by atoms with E-state index >= 15 is 0 Å². The Labute approximate surface area is 107 Å². The second-order valence-corrected chi connectivity index (χ2v) is 5.45. The predicted molar refractivity (Wildman–Crippen MR) is 73.1 cm³/mol. The summed E-state index contributed by atoms with van der Waals surface area (Å²) in [5, 5.41) is 0. The maximum Gasteiger partial charge on any atom is 0.196 e. The Kier molecular flexibility index (Phi) is 2.47. The van der Waals surface area contributed by atoms with Crippen molar-refractivity contribution in [3.05, 3.63) is 24.3 Å². The van der Waals surface area contributed by atoms with Gasteiger partial charge in [0, 0.05) is 5.69 Å². The molecule has 3 rings (SSSR count). The van der Waals surface area contributed by atoms with E-state index in [2.05, 4.69) is 28.9 Å². The van der Waals surface area contributed by atoms with Crippen molar-refractivity contribution in [3.63, 3.8) is 0 Å². The van der Waals surface area contributed by atoms with E-state index in [-0.39, 0.29) is 5.54 Å². The number of guanidine groups is 1. The molecule has 0 bridgehead atoms. The highest BCUT2D eigenvalue weighted by molar-refractivity contribution is 5.98. The van der Waals surface area contributed by atoms with Gasteiger partial charge in [-0.05, 0) is 43.0 Å². The summed E-state index contributed by atoms with van der Waals surface area (Å²) in [4.78, 5) is 6.64. The molecule has 1 aromatic carbocycles. The molecule has 1 aliphatic carbocycles.